The fourth-order valence-corrected chi connectivity index (χ4v) is 6.32. The highest BCUT2D eigenvalue weighted by atomic mass is 32.2. The van der Waals surface area contributed by atoms with Crippen LogP contribution in [0.3, 0.4) is 0 Å². The summed E-state index contributed by atoms with van der Waals surface area (Å²) in [5.74, 6) is 0.0380. The smallest absolute Gasteiger partial charge is 0.248 e. The SMILES string of the molecule is Cc1noc(C)c1S(=O)(=O)N1CCC(C(=O)Nc2ccccc2N2CCCCC2)CC1. The first kappa shape index (κ1) is 21.8. The van der Waals surface area contributed by atoms with Crippen LogP contribution in [0.25, 0.3) is 0 Å². The Kier molecular flexibility index (Phi) is 6.34. The van der Waals surface area contributed by atoms with Crippen LogP contribution in [0, 0.1) is 19.8 Å². The predicted molar refractivity (Wildman–Crippen MR) is 119 cm³/mol. The molecular weight excluding hydrogens is 416 g/mol. The van der Waals surface area contributed by atoms with Gasteiger partial charge < -0.3 is 14.7 Å². The minimum Gasteiger partial charge on any atom is -0.370 e. The molecule has 31 heavy (non-hydrogen) atoms. The number of amides is 1. The Morgan fingerprint density at radius 1 is 1.06 bits per heavy atom. The Balaban J connectivity index is 1.40. The van der Waals surface area contributed by atoms with Crippen LogP contribution in [0.1, 0.15) is 43.6 Å². The minimum atomic E-state index is -3.67. The third-order valence-electron chi connectivity index (χ3n) is 6.25. The molecule has 1 amide bonds. The molecule has 2 fully saturated rings. The molecule has 3 heterocycles. The highest BCUT2D eigenvalue weighted by Gasteiger charge is 2.35. The van der Waals surface area contributed by atoms with Crippen molar-refractivity contribution in [1.29, 1.82) is 0 Å². The van der Waals surface area contributed by atoms with E-state index in [-0.39, 0.29) is 16.7 Å². The molecule has 0 saturated carbocycles. The van der Waals surface area contributed by atoms with Gasteiger partial charge in [0.2, 0.25) is 15.9 Å². The molecule has 1 N–H and O–H groups in total. The third kappa shape index (κ3) is 4.48. The zero-order valence-electron chi connectivity index (χ0n) is 18.1. The van der Waals surface area contributed by atoms with Crippen LogP contribution >= 0.6 is 0 Å². The molecule has 1 aromatic carbocycles. The Morgan fingerprint density at radius 2 is 1.74 bits per heavy atom. The molecule has 168 valence electrons. The van der Waals surface area contributed by atoms with E-state index in [0.717, 1.165) is 24.5 Å². The molecule has 8 nitrogen and oxygen atoms in total. The summed E-state index contributed by atoms with van der Waals surface area (Å²) in [6.07, 6.45) is 4.56. The van der Waals surface area contributed by atoms with Gasteiger partial charge in [0.05, 0.1) is 11.4 Å². The maximum Gasteiger partial charge on any atom is 0.248 e. The number of aryl methyl sites for hydroxylation is 2. The van der Waals surface area contributed by atoms with Crippen LogP contribution in [0.5, 0.6) is 0 Å². The Morgan fingerprint density at radius 3 is 2.39 bits per heavy atom. The van der Waals surface area contributed by atoms with E-state index in [2.05, 4.69) is 21.4 Å². The van der Waals surface area contributed by atoms with Crippen LogP contribution in [0.4, 0.5) is 11.4 Å². The van der Waals surface area contributed by atoms with E-state index in [4.69, 9.17) is 4.52 Å². The Bertz CT molecular complexity index is 1020. The molecule has 9 heteroatoms. The van der Waals surface area contributed by atoms with Gasteiger partial charge in [-0.3, -0.25) is 4.79 Å². The Labute approximate surface area is 183 Å². The summed E-state index contributed by atoms with van der Waals surface area (Å²) in [6.45, 7) is 5.85. The van der Waals surface area contributed by atoms with E-state index in [9.17, 15) is 13.2 Å². The number of hydrogen-bond acceptors (Lipinski definition) is 6. The second kappa shape index (κ2) is 9.00. The van der Waals surface area contributed by atoms with E-state index in [1.807, 2.05) is 18.2 Å². The average molecular weight is 447 g/mol. The second-order valence-corrected chi connectivity index (χ2v) is 10.3. The fraction of sp³-hybridized carbons (Fsp3) is 0.545. The first-order valence-corrected chi connectivity index (χ1v) is 12.4. The molecule has 2 aliphatic heterocycles. The van der Waals surface area contributed by atoms with Crippen LogP contribution in [0.2, 0.25) is 0 Å². The molecule has 1 aromatic heterocycles. The first-order chi connectivity index (χ1) is 14.9. The summed E-state index contributed by atoms with van der Waals surface area (Å²) in [6, 6.07) is 7.93. The molecule has 2 aromatic rings. The standard InChI is InChI=1S/C22H30N4O4S/c1-16-21(17(2)30-24-16)31(28,29)26-14-10-18(11-15-26)22(27)23-19-8-4-5-9-20(19)25-12-6-3-7-13-25/h4-5,8-9,18H,3,6-7,10-15H2,1-2H3,(H,23,27). The molecule has 4 rings (SSSR count). The molecule has 0 unspecified atom stereocenters. The monoisotopic (exact) mass is 446 g/mol. The van der Waals surface area contributed by atoms with E-state index in [1.54, 1.807) is 13.8 Å². The quantitative estimate of drug-likeness (QED) is 0.757. The summed E-state index contributed by atoms with van der Waals surface area (Å²) >= 11 is 0. The van der Waals surface area contributed by atoms with Gasteiger partial charge in [0.15, 0.2) is 5.76 Å². The summed E-state index contributed by atoms with van der Waals surface area (Å²) < 4.78 is 32.5. The number of anilines is 2. The van der Waals surface area contributed by atoms with Gasteiger partial charge >= 0.3 is 0 Å². The highest BCUT2D eigenvalue weighted by Crippen LogP contribution is 2.31. The van der Waals surface area contributed by atoms with Gasteiger partial charge in [-0.1, -0.05) is 17.3 Å². The predicted octanol–water partition coefficient (Wildman–Crippen LogP) is 3.32. The van der Waals surface area contributed by atoms with Crippen LogP contribution in [-0.2, 0) is 14.8 Å². The molecule has 0 spiro atoms. The van der Waals surface area contributed by atoms with E-state index >= 15 is 0 Å². The summed E-state index contributed by atoms with van der Waals surface area (Å²) in [5.41, 5.74) is 2.26. The van der Waals surface area contributed by atoms with Gasteiger partial charge in [-0.05, 0) is 58.1 Å². The van der Waals surface area contributed by atoms with E-state index in [0.29, 0.717) is 37.4 Å². The second-order valence-electron chi connectivity index (χ2n) is 8.39. The molecular formula is C22H30N4O4S. The average Bonchev–Trinajstić information content (AvgIpc) is 3.13. The van der Waals surface area contributed by atoms with Gasteiger partial charge in [0, 0.05) is 32.1 Å². The number of benzene rings is 1. The van der Waals surface area contributed by atoms with Gasteiger partial charge in [0.25, 0.3) is 0 Å². The number of carbonyl (C=O) groups is 1. The highest BCUT2D eigenvalue weighted by molar-refractivity contribution is 7.89. The van der Waals surface area contributed by atoms with Crippen molar-refractivity contribution in [3.8, 4) is 0 Å². The lowest BCUT2D eigenvalue weighted by Gasteiger charge is -2.32. The maximum absolute atomic E-state index is 13.0. The van der Waals surface area contributed by atoms with Crippen molar-refractivity contribution < 1.29 is 17.7 Å². The van der Waals surface area contributed by atoms with Crippen LogP contribution < -0.4 is 10.2 Å². The summed E-state index contributed by atoms with van der Waals surface area (Å²) in [5, 5.41) is 6.87. The van der Waals surface area contributed by atoms with Crippen molar-refractivity contribution in [2.45, 2.75) is 50.8 Å². The maximum atomic E-state index is 13.0. The Hall–Kier alpha value is -2.39. The van der Waals surface area contributed by atoms with Crippen LogP contribution in [0.15, 0.2) is 33.7 Å². The lowest BCUT2D eigenvalue weighted by atomic mass is 9.97. The zero-order valence-corrected chi connectivity index (χ0v) is 19.0. The van der Waals surface area contributed by atoms with Crippen molar-refractivity contribution in [3.63, 3.8) is 0 Å². The first-order valence-electron chi connectivity index (χ1n) is 11.0. The lowest BCUT2D eigenvalue weighted by molar-refractivity contribution is -0.120. The van der Waals surface area contributed by atoms with Gasteiger partial charge in [-0.15, -0.1) is 0 Å². The normalized spacial score (nSPS) is 18.8. The largest absolute Gasteiger partial charge is 0.370 e. The number of para-hydroxylation sites is 2. The van der Waals surface area contributed by atoms with Gasteiger partial charge in [-0.2, -0.15) is 4.31 Å². The number of aromatic nitrogens is 1. The third-order valence-corrected chi connectivity index (χ3v) is 8.39. The fourth-order valence-electron chi connectivity index (χ4n) is 4.56. The molecule has 0 atom stereocenters. The van der Waals surface area contributed by atoms with Crippen molar-refractivity contribution in [2.24, 2.45) is 5.92 Å². The molecule has 0 radical (unpaired) electrons. The number of carbonyl (C=O) groups excluding carboxylic acids is 1. The number of sulfonamides is 1. The van der Waals surface area contributed by atoms with E-state index < -0.39 is 10.0 Å². The van der Waals surface area contributed by atoms with E-state index in [1.165, 1.54) is 23.6 Å². The zero-order chi connectivity index (χ0) is 22.0. The van der Waals surface area contributed by atoms with Crippen molar-refractivity contribution in [3.05, 3.63) is 35.7 Å². The number of hydrogen-bond donors (Lipinski definition) is 1. The lowest BCUT2D eigenvalue weighted by Crippen LogP contribution is -2.41. The molecule has 2 aliphatic rings. The number of rotatable bonds is 5. The van der Waals surface area contributed by atoms with Gasteiger partial charge in [0.1, 0.15) is 10.6 Å². The molecule has 0 bridgehead atoms. The van der Waals surface area contributed by atoms with Crippen molar-refractivity contribution >= 4 is 27.3 Å². The van der Waals surface area contributed by atoms with Crippen LogP contribution in [-0.4, -0.2) is 50.0 Å². The summed E-state index contributed by atoms with van der Waals surface area (Å²) in [7, 11) is -3.67. The molecule has 0 aliphatic carbocycles. The summed E-state index contributed by atoms with van der Waals surface area (Å²) in [4.78, 5) is 15.4. The van der Waals surface area contributed by atoms with Crippen molar-refractivity contribution in [2.75, 3.05) is 36.4 Å². The number of nitrogens with one attached hydrogen (secondary N) is 1. The number of nitrogens with zero attached hydrogens (tertiary/aromatic N) is 3. The minimum absolute atomic E-state index is 0.0427. The topological polar surface area (TPSA) is 95.8 Å². The van der Waals surface area contributed by atoms with Crippen molar-refractivity contribution in [1.82, 2.24) is 9.46 Å². The number of piperidine rings is 2. The molecule has 2 saturated heterocycles. The van der Waals surface area contributed by atoms with Gasteiger partial charge in [-0.25, -0.2) is 8.42 Å².